The summed E-state index contributed by atoms with van der Waals surface area (Å²) in [6.45, 7) is 0.256. The van der Waals surface area contributed by atoms with Crippen molar-refractivity contribution >= 4 is 20.2 Å². The zero-order valence-electron chi connectivity index (χ0n) is 14.0. The van der Waals surface area contributed by atoms with Crippen LogP contribution in [0.4, 0.5) is 0 Å². The van der Waals surface area contributed by atoms with E-state index in [9.17, 15) is 16.8 Å². The average Bonchev–Trinajstić information content (AvgIpc) is 2.46. The summed E-state index contributed by atoms with van der Waals surface area (Å²) in [5.74, 6) is 1.27. The molecule has 0 unspecified atom stereocenters. The van der Waals surface area contributed by atoms with E-state index >= 15 is 0 Å². The quantitative estimate of drug-likeness (QED) is 0.680. The van der Waals surface area contributed by atoms with Gasteiger partial charge in [0.1, 0.15) is 5.75 Å². The Labute approximate surface area is 144 Å². The topological polar surface area (TPSA) is 86.7 Å². The number of hydrogen-bond donors (Lipinski definition) is 0. The second-order valence-electron chi connectivity index (χ2n) is 6.39. The maximum Gasteiger partial charge on any atom is 0.306 e. The van der Waals surface area contributed by atoms with Crippen LogP contribution in [0.25, 0.3) is 0 Å². The van der Waals surface area contributed by atoms with E-state index in [0.717, 1.165) is 44.6 Å². The molecule has 0 bridgehead atoms. The third-order valence-electron chi connectivity index (χ3n) is 4.27. The Kier molecular flexibility index (Phi) is 6.28. The molecule has 2 rings (SSSR count). The van der Waals surface area contributed by atoms with Crippen LogP contribution in [0.5, 0.6) is 5.75 Å². The van der Waals surface area contributed by atoms with Gasteiger partial charge in [-0.15, -0.1) is 0 Å². The summed E-state index contributed by atoms with van der Waals surface area (Å²) in [6.07, 6.45) is 7.02. The highest BCUT2D eigenvalue weighted by atomic mass is 32.2. The number of hydrogen-bond acceptors (Lipinski definition) is 6. The lowest BCUT2D eigenvalue weighted by molar-refractivity contribution is 0.242. The van der Waals surface area contributed by atoms with Crippen molar-refractivity contribution < 1.29 is 25.2 Å². The number of benzene rings is 1. The van der Waals surface area contributed by atoms with Gasteiger partial charge in [-0.2, -0.15) is 16.8 Å². The van der Waals surface area contributed by atoms with Crippen LogP contribution in [0.1, 0.15) is 43.6 Å². The predicted octanol–water partition coefficient (Wildman–Crippen LogP) is 2.67. The minimum atomic E-state index is -3.50. The molecule has 0 aromatic heterocycles. The Bertz CT molecular complexity index is 729. The van der Waals surface area contributed by atoms with Crippen molar-refractivity contribution in [2.75, 3.05) is 19.1 Å². The van der Waals surface area contributed by atoms with Crippen LogP contribution in [0, 0.1) is 5.92 Å². The van der Waals surface area contributed by atoms with E-state index in [1.165, 1.54) is 5.56 Å². The van der Waals surface area contributed by atoms with Crippen LogP contribution in [0.15, 0.2) is 24.3 Å². The van der Waals surface area contributed by atoms with E-state index in [1.807, 2.05) is 12.1 Å². The first-order chi connectivity index (χ1) is 11.1. The van der Waals surface area contributed by atoms with Crippen molar-refractivity contribution in [3.05, 3.63) is 29.8 Å². The monoisotopic (exact) mass is 376 g/mol. The fourth-order valence-electron chi connectivity index (χ4n) is 3.12. The molecule has 136 valence electrons. The molecule has 1 fully saturated rings. The highest BCUT2D eigenvalue weighted by Gasteiger charge is 2.22. The van der Waals surface area contributed by atoms with E-state index < -0.39 is 20.2 Å². The molecule has 0 heterocycles. The molecule has 0 N–H and O–H groups in total. The van der Waals surface area contributed by atoms with Crippen LogP contribution in [0.3, 0.4) is 0 Å². The predicted molar refractivity (Wildman–Crippen MR) is 92.0 cm³/mol. The van der Waals surface area contributed by atoms with Gasteiger partial charge < -0.3 is 4.18 Å². The van der Waals surface area contributed by atoms with E-state index in [1.54, 1.807) is 12.1 Å². The summed E-state index contributed by atoms with van der Waals surface area (Å²) in [7, 11) is -6.85. The molecule has 24 heavy (non-hydrogen) atoms. The summed E-state index contributed by atoms with van der Waals surface area (Å²) in [6, 6.07) is 7.20. The van der Waals surface area contributed by atoms with Gasteiger partial charge in [-0.1, -0.05) is 12.1 Å². The van der Waals surface area contributed by atoms with Crippen LogP contribution >= 0.6 is 0 Å². The maximum atomic E-state index is 11.1. The van der Waals surface area contributed by atoms with Gasteiger partial charge in [-0.25, -0.2) is 0 Å². The van der Waals surface area contributed by atoms with Crippen LogP contribution in [-0.2, 0) is 24.4 Å². The number of rotatable bonds is 7. The molecule has 0 radical (unpaired) electrons. The van der Waals surface area contributed by atoms with Crippen molar-refractivity contribution in [3.8, 4) is 5.75 Å². The largest absolute Gasteiger partial charge is 0.383 e. The third kappa shape index (κ3) is 6.78. The first kappa shape index (κ1) is 19.2. The Hall–Kier alpha value is -1.12. The van der Waals surface area contributed by atoms with Gasteiger partial charge in [0.15, 0.2) is 0 Å². The Morgan fingerprint density at radius 2 is 1.50 bits per heavy atom. The summed E-state index contributed by atoms with van der Waals surface area (Å²) in [4.78, 5) is 0. The molecule has 1 aliphatic carbocycles. The molecule has 1 aromatic carbocycles. The molecule has 1 aliphatic rings. The minimum absolute atomic E-state index is 0.256. The SMILES string of the molecule is CS(=O)(=O)OCCC1CCC(c2ccc(OS(C)(=O)=O)cc2)CC1. The van der Waals surface area contributed by atoms with Crippen molar-refractivity contribution in [2.45, 2.75) is 38.0 Å². The summed E-state index contributed by atoms with van der Waals surface area (Å²) < 4.78 is 53.8. The second kappa shape index (κ2) is 7.84. The minimum Gasteiger partial charge on any atom is -0.383 e. The molecule has 1 aromatic rings. The first-order valence-corrected chi connectivity index (χ1v) is 11.6. The van der Waals surface area contributed by atoms with Gasteiger partial charge in [-0.05, 0) is 61.6 Å². The van der Waals surface area contributed by atoms with Gasteiger partial charge in [0.05, 0.1) is 19.1 Å². The lowest BCUT2D eigenvalue weighted by atomic mass is 9.78. The van der Waals surface area contributed by atoms with Gasteiger partial charge >= 0.3 is 10.1 Å². The van der Waals surface area contributed by atoms with E-state index in [0.29, 0.717) is 17.6 Å². The summed E-state index contributed by atoms with van der Waals surface area (Å²) in [5, 5.41) is 0. The average molecular weight is 376 g/mol. The Morgan fingerprint density at radius 3 is 2.00 bits per heavy atom. The second-order valence-corrected chi connectivity index (χ2v) is 9.61. The molecule has 6 nitrogen and oxygen atoms in total. The van der Waals surface area contributed by atoms with E-state index in [2.05, 4.69) is 0 Å². The smallest absolute Gasteiger partial charge is 0.306 e. The highest BCUT2D eigenvalue weighted by molar-refractivity contribution is 7.86. The zero-order valence-corrected chi connectivity index (χ0v) is 15.6. The molecular formula is C16H24O6S2. The molecule has 1 saturated carbocycles. The Morgan fingerprint density at radius 1 is 0.917 bits per heavy atom. The van der Waals surface area contributed by atoms with Crippen LogP contribution in [0.2, 0.25) is 0 Å². The standard InChI is InChI=1S/C16H24O6S2/c1-23(17,18)21-12-11-13-3-5-14(6-4-13)15-7-9-16(10-8-15)22-24(2,19)20/h7-10,13-14H,3-6,11-12H2,1-2H3. The first-order valence-electron chi connectivity index (χ1n) is 7.96. The van der Waals surface area contributed by atoms with Crippen molar-refractivity contribution in [1.82, 2.24) is 0 Å². The van der Waals surface area contributed by atoms with Crippen LogP contribution in [-0.4, -0.2) is 36.0 Å². The normalized spacial score (nSPS) is 22.2. The molecule has 8 heteroatoms. The lowest BCUT2D eigenvalue weighted by Gasteiger charge is -2.28. The molecule has 0 spiro atoms. The molecule has 0 aliphatic heterocycles. The Balaban J connectivity index is 1.81. The molecule has 0 saturated heterocycles. The molecule has 0 amide bonds. The molecular weight excluding hydrogens is 352 g/mol. The lowest BCUT2D eigenvalue weighted by Crippen LogP contribution is -2.16. The van der Waals surface area contributed by atoms with Gasteiger partial charge in [0.25, 0.3) is 10.1 Å². The summed E-state index contributed by atoms with van der Waals surface area (Å²) in [5.41, 5.74) is 1.18. The van der Waals surface area contributed by atoms with E-state index in [4.69, 9.17) is 8.37 Å². The fraction of sp³-hybridized carbons (Fsp3) is 0.625. The molecule has 0 atom stereocenters. The van der Waals surface area contributed by atoms with Gasteiger partial charge in [0, 0.05) is 0 Å². The highest BCUT2D eigenvalue weighted by Crippen LogP contribution is 2.37. The van der Waals surface area contributed by atoms with Crippen LogP contribution < -0.4 is 4.18 Å². The zero-order chi connectivity index (χ0) is 17.8. The maximum absolute atomic E-state index is 11.1. The third-order valence-corrected chi connectivity index (χ3v) is 5.36. The van der Waals surface area contributed by atoms with Crippen molar-refractivity contribution in [1.29, 1.82) is 0 Å². The summed E-state index contributed by atoms with van der Waals surface area (Å²) >= 11 is 0. The van der Waals surface area contributed by atoms with Gasteiger partial charge in [-0.3, -0.25) is 4.18 Å². The van der Waals surface area contributed by atoms with Crippen molar-refractivity contribution in [2.24, 2.45) is 5.92 Å². The van der Waals surface area contributed by atoms with Gasteiger partial charge in [0.2, 0.25) is 0 Å². The van der Waals surface area contributed by atoms with Crippen molar-refractivity contribution in [3.63, 3.8) is 0 Å². The fourth-order valence-corrected chi connectivity index (χ4v) is 3.98. The van der Waals surface area contributed by atoms with E-state index in [-0.39, 0.29) is 6.61 Å².